The number of hydrogen-bond acceptors (Lipinski definition) is 2. The van der Waals surface area contributed by atoms with Crippen molar-refractivity contribution in [2.24, 2.45) is 5.10 Å². The van der Waals surface area contributed by atoms with Gasteiger partial charge in [0, 0.05) is 11.9 Å². The Bertz CT molecular complexity index is 185. The molecule has 0 aromatic carbocycles. The van der Waals surface area contributed by atoms with Gasteiger partial charge in [0.1, 0.15) is 0 Å². The van der Waals surface area contributed by atoms with Crippen LogP contribution in [0.3, 0.4) is 0 Å². The minimum atomic E-state index is 0.891. The first-order chi connectivity index (χ1) is 4.79. The minimum absolute atomic E-state index is 0.891. The molecule has 2 nitrogen and oxygen atoms in total. The fourth-order valence-electron chi connectivity index (χ4n) is 0.788. The van der Waals surface area contributed by atoms with Crippen LogP contribution in [0, 0.1) is 0 Å². The van der Waals surface area contributed by atoms with Crippen LogP contribution < -0.4 is 0 Å². The smallest absolute Gasteiger partial charge is 0.0592 e. The van der Waals surface area contributed by atoms with Crippen molar-refractivity contribution in [3.8, 4) is 0 Å². The summed E-state index contributed by atoms with van der Waals surface area (Å²) in [4.78, 5) is 0. The van der Waals surface area contributed by atoms with Gasteiger partial charge in [0.15, 0.2) is 0 Å². The Balaban J connectivity index is 2.52. The van der Waals surface area contributed by atoms with E-state index in [1.165, 1.54) is 0 Å². The second-order valence-corrected chi connectivity index (χ2v) is 2.44. The second kappa shape index (κ2) is 3.20. The lowest BCUT2D eigenvalue weighted by Gasteiger charge is -2.13. The van der Waals surface area contributed by atoms with Crippen molar-refractivity contribution in [1.82, 2.24) is 5.01 Å². The molecule has 0 aromatic heterocycles. The van der Waals surface area contributed by atoms with Gasteiger partial charge in [-0.1, -0.05) is 12.2 Å². The van der Waals surface area contributed by atoms with Gasteiger partial charge in [-0.25, -0.2) is 0 Å². The van der Waals surface area contributed by atoms with Gasteiger partial charge in [-0.15, -0.1) is 0 Å². The van der Waals surface area contributed by atoms with Gasteiger partial charge in [0.25, 0.3) is 0 Å². The fourth-order valence-corrected chi connectivity index (χ4v) is 0.788. The molecule has 0 aliphatic carbocycles. The number of hydrazone groups is 1. The molecule has 0 aromatic rings. The summed E-state index contributed by atoms with van der Waals surface area (Å²) in [6, 6.07) is 0. The monoisotopic (exact) mass is 136 g/mol. The first kappa shape index (κ1) is 7.06. The molecular weight excluding hydrogens is 124 g/mol. The highest BCUT2D eigenvalue weighted by atomic mass is 15.4. The van der Waals surface area contributed by atoms with Crippen LogP contribution in [0.4, 0.5) is 0 Å². The van der Waals surface area contributed by atoms with Crippen molar-refractivity contribution in [2.75, 3.05) is 6.54 Å². The molecule has 10 heavy (non-hydrogen) atoms. The topological polar surface area (TPSA) is 15.6 Å². The van der Waals surface area contributed by atoms with Crippen molar-refractivity contribution in [2.45, 2.75) is 13.8 Å². The van der Waals surface area contributed by atoms with Gasteiger partial charge >= 0.3 is 0 Å². The van der Waals surface area contributed by atoms with Crippen LogP contribution in [0.1, 0.15) is 13.8 Å². The lowest BCUT2D eigenvalue weighted by Crippen LogP contribution is -2.12. The first-order valence-electron chi connectivity index (χ1n) is 3.41. The number of hydrogen-bond donors (Lipinski definition) is 0. The normalized spacial score (nSPS) is 15.6. The average Bonchev–Trinajstić information content (AvgIpc) is 1.88. The van der Waals surface area contributed by atoms with Crippen molar-refractivity contribution in [1.29, 1.82) is 0 Å². The molecule has 0 saturated heterocycles. The van der Waals surface area contributed by atoms with Crippen LogP contribution in [0.25, 0.3) is 0 Å². The van der Waals surface area contributed by atoms with Crippen molar-refractivity contribution < 1.29 is 0 Å². The molecule has 2 heteroatoms. The molecule has 0 bridgehead atoms. The summed E-state index contributed by atoms with van der Waals surface area (Å²) in [5.41, 5.74) is 1.08. The highest BCUT2D eigenvalue weighted by Crippen LogP contribution is 1.98. The third-order valence-electron chi connectivity index (χ3n) is 1.13. The predicted octanol–water partition coefficient (Wildman–Crippen LogP) is 1.77. The standard InChI is InChI=1S/C8H12N2/c1-8(2)9-10-6-4-3-5-7-10/h3-6H,7H2,1-2H3. The molecule has 0 saturated carbocycles. The van der Waals surface area contributed by atoms with E-state index in [4.69, 9.17) is 0 Å². The molecule has 0 fully saturated rings. The molecule has 1 heterocycles. The van der Waals surface area contributed by atoms with Crippen molar-refractivity contribution >= 4 is 5.71 Å². The molecule has 1 rings (SSSR count). The first-order valence-corrected chi connectivity index (χ1v) is 3.41. The summed E-state index contributed by atoms with van der Waals surface area (Å²) < 4.78 is 0. The third-order valence-corrected chi connectivity index (χ3v) is 1.13. The van der Waals surface area contributed by atoms with Gasteiger partial charge in [-0.2, -0.15) is 5.10 Å². The Morgan fingerprint density at radius 1 is 1.40 bits per heavy atom. The second-order valence-electron chi connectivity index (χ2n) is 2.44. The molecule has 0 radical (unpaired) electrons. The zero-order valence-electron chi connectivity index (χ0n) is 6.41. The van der Waals surface area contributed by atoms with Gasteiger partial charge in [0.05, 0.1) is 6.54 Å². The van der Waals surface area contributed by atoms with E-state index in [2.05, 4.69) is 11.2 Å². The predicted molar refractivity (Wildman–Crippen MR) is 43.8 cm³/mol. The van der Waals surface area contributed by atoms with Crippen molar-refractivity contribution in [3.05, 3.63) is 24.4 Å². The third kappa shape index (κ3) is 2.05. The molecule has 1 aliphatic rings. The summed E-state index contributed by atoms with van der Waals surface area (Å²) >= 11 is 0. The highest BCUT2D eigenvalue weighted by molar-refractivity contribution is 5.78. The van der Waals surface area contributed by atoms with Crippen LogP contribution in [0.15, 0.2) is 29.5 Å². The maximum absolute atomic E-state index is 4.25. The van der Waals surface area contributed by atoms with E-state index in [9.17, 15) is 0 Å². The van der Waals surface area contributed by atoms with Crippen molar-refractivity contribution in [3.63, 3.8) is 0 Å². The van der Waals surface area contributed by atoms with E-state index in [1.54, 1.807) is 0 Å². The average molecular weight is 136 g/mol. The summed E-state index contributed by atoms with van der Waals surface area (Å²) in [5, 5.41) is 6.16. The zero-order chi connectivity index (χ0) is 7.40. The molecular formula is C8H12N2. The lowest BCUT2D eigenvalue weighted by atomic mass is 10.4. The SMILES string of the molecule is CC(C)=NN1C=CC=CC1. The van der Waals surface area contributed by atoms with E-state index in [0.29, 0.717) is 0 Å². The van der Waals surface area contributed by atoms with E-state index in [0.717, 1.165) is 12.3 Å². The molecule has 54 valence electrons. The minimum Gasteiger partial charge on any atom is -0.269 e. The molecule has 0 spiro atoms. The highest BCUT2D eigenvalue weighted by Gasteiger charge is 1.93. The summed E-state index contributed by atoms with van der Waals surface area (Å²) in [7, 11) is 0. The maximum atomic E-state index is 4.25. The Labute approximate surface area is 61.5 Å². The van der Waals surface area contributed by atoms with Gasteiger partial charge in [0.2, 0.25) is 0 Å². The van der Waals surface area contributed by atoms with E-state index < -0.39 is 0 Å². The van der Waals surface area contributed by atoms with E-state index >= 15 is 0 Å². The van der Waals surface area contributed by atoms with Crippen LogP contribution in [0.5, 0.6) is 0 Å². The van der Waals surface area contributed by atoms with E-state index in [-0.39, 0.29) is 0 Å². The maximum Gasteiger partial charge on any atom is 0.0592 e. The summed E-state index contributed by atoms with van der Waals surface area (Å²) in [6.45, 7) is 4.88. The van der Waals surface area contributed by atoms with Crippen LogP contribution in [-0.2, 0) is 0 Å². The number of rotatable bonds is 1. The van der Waals surface area contributed by atoms with Gasteiger partial charge in [-0.3, -0.25) is 5.01 Å². The Hall–Kier alpha value is -1.05. The summed E-state index contributed by atoms with van der Waals surface area (Å²) in [5.74, 6) is 0. The van der Waals surface area contributed by atoms with Crippen LogP contribution in [-0.4, -0.2) is 17.3 Å². The van der Waals surface area contributed by atoms with Gasteiger partial charge in [-0.05, 0) is 19.9 Å². The zero-order valence-corrected chi connectivity index (χ0v) is 6.41. The van der Waals surface area contributed by atoms with Crippen LogP contribution >= 0.6 is 0 Å². The molecule has 0 amide bonds. The molecule has 0 atom stereocenters. The number of nitrogens with zero attached hydrogens (tertiary/aromatic N) is 2. The lowest BCUT2D eigenvalue weighted by molar-refractivity contribution is 0.439. The quantitative estimate of drug-likeness (QED) is 0.501. The fraction of sp³-hybridized carbons (Fsp3) is 0.375. The largest absolute Gasteiger partial charge is 0.269 e. The Morgan fingerprint density at radius 3 is 2.70 bits per heavy atom. The molecule has 0 N–H and O–H groups in total. The van der Waals surface area contributed by atoms with E-state index in [1.807, 2.05) is 37.2 Å². The summed E-state index contributed by atoms with van der Waals surface area (Å²) in [6.07, 6.45) is 8.05. The molecule has 0 unspecified atom stereocenters. The molecule has 1 aliphatic heterocycles. The Morgan fingerprint density at radius 2 is 2.20 bits per heavy atom. The number of allylic oxidation sites excluding steroid dienone is 2. The Kier molecular flexibility index (Phi) is 2.26. The van der Waals surface area contributed by atoms with Crippen LogP contribution in [0.2, 0.25) is 0 Å². The van der Waals surface area contributed by atoms with Gasteiger partial charge < -0.3 is 0 Å².